The highest BCUT2D eigenvalue weighted by Crippen LogP contribution is 2.43. The number of thioether (sulfide) groups is 1. The Bertz CT molecular complexity index is 344. The lowest BCUT2D eigenvalue weighted by molar-refractivity contribution is -0.143. The van der Waals surface area contributed by atoms with Crippen LogP contribution >= 0.6 is 11.8 Å². The van der Waals surface area contributed by atoms with Crippen molar-refractivity contribution in [3.63, 3.8) is 0 Å². The molecule has 0 bridgehead atoms. The van der Waals surface area contributed by atoms with Crippen molar-refractivity contribution in [3.8, 4) is 0 Å². The Morgan fingerprint density at radius 1 is 1.37 bits per heavy atom. The van der Waals surface area contributed by atoms with Crippen molar-refractivity contribution in [1.82, 2.24) is 4.90 Å². The Morgan fingerprint density at radius 2 is 2.16 bits per heavy atom. The van der Waals surface area contributed by atoms with Gasteiger partial charge in [0.2, 0.25) is 0 Å². The van der Waals surface area contributed by atoms with Gasteiger partial charge in [0.25, 0.3) is 0 Å². The fourth-order valence-corrected chi connectivity index (χ4v) is 4.86. The topological polar surface area (TPSA) is 49.8 Å². The van der Waals surface area contributed by atoms with E-state index in [9.17, 15) is 9.90 Å². The molecule has 5 heteroatoms. The van der Waals surface area contributed by atoms with E-state index in [1.165, 1.54) is 32.1 Å². The van der Waals surface area contributed by atoms with Crippen molar-refractivity contribution < 1.29 is 14.6 Å². The smallest absolute Gasteiger partial charge is 0.321 e. The molecule has 4 nitrogen and oxygen atoms in total. The molecule has 2 atom stereocenters. The van der Waals surface area contributed by atoms with Crippen LogP contribution in [0.1, 0.15) is 38.5 Å². The lowest BCUT2D eigenvalue weighted by Crippen LogP contribution is -2.50. The van der Waals surface area contributed by atoms with Crippen LogP contribution in [0.4, 0.5) is 0 Å². The van der Waals surface area contributed by atoms with E-state index < -0.39 is 5.97 Å². The van der Waals surface area contributed by atoms with E-state index in [0.717, 1.165) is 25.3 Å². The number of aliphatic carboxylic acids is 1. The highest BCUT2D eigenvalue weighted by Gasteiger charge is 2.43. The first-order valence-electron chi connectivity index (χ1n) is 7.41. The minimum atomic E-state index is -0.680. The molecule has 1 saturated carbocycles. The highest BCUT2D eigenvalue weighted by atomic mass is 32.2. The van der Waals surface area contributed by atoms with Crippen molar-refractivity contribution in [2.24, 2.45) is 0 Å². The zero-order valence-corrected chi connectivity index (χ0v) is 12.2. The van der Waals surface area contributed by atoms with Gasteiger partial charge in [-0.15, -0.1) is 0 Å². The van der Waals surface area contributed by atoms with E-state index in [1.54, 1.807) is 11.8 Å². The summed E-state index contributed by atoms with van der Waals surface area (Å²) in [5.41, 5.74) is 0.161. The number of rotatable bonds is 3. The van der Waals surface area contributed by atoms with Crippen LogP contribution in [0, 0.1) is 0 Å². The first kappa shape index (κ1) is 13.7. The van der Waals surface area contributed by atoms with Crippen LogP contribution in [0.2, 0.25) is 0 Å². The van der Waals surface area contributed by atoms with Crippen LogP contribution < -0.4 is 0 Å². The summed E-state index contributed by atoms with van der Waals surface area (Å²) in [5.74, 6) is 1.08. The summed E-state index contributed by atoms with van der Waals surface area (Å²) < 4.78 is 6.30. The summed E-state index contributed by atoms with van der Waals surface area (Å²) in [4.78, 5) is 13.4. The summed E-state index contributed by atoms with van der Waals surface area (Å²) >= 11 is 1.75. The monoisotopic (exact) mass is 285 g/mol. The van der Waals surface area contributed by atoms with Crippen LogP contribution in [0.25, 0.3) is 0 Å². The number of nitrogens with zero attached hydrogens (tertiary/aromatic N) is 1. The van der Waals surface area contributed by atoms with Gasteiger partial charge < -0.3 is 9.84 Å². The molecule has 0 aromatic rings. The number of ether oxygens (including phenoxy) is 1. The second-order valence-electron chi connectivity index (χ2n) is 6.09. The van der Waals surface area contributed by atoms with Crippen molar-refractivity contribution in [3.05, 3.63) is 0 Å². The van der Waals surface area contributed by atoms with Gasteiger partial charge in [-0.25, -0.2) is 0 Å². The average molecular weight is 285 g/mol. The van der Waals surface area contributed by atoms with E-state index >= 15 is 0 Å². The fraction of sp³-hybridized carbons (Fsp3) is 0.929. The third-order valence-corrected chi connectivity index (χ3v) is 5.84. The van der Waals surface area contributed by atoms with Crippen LogP contribution in [-0.4, -0.2) is 58.3 Å². The highest BCUT2D eigenvalue weighted by molar-refractivity contribution is 7.99. The summed E-state index contributed by atoms with van der Waals surface area (Å²) in [6.07, 6.45) is 7.55. The Labute approximate surface area is 118 Å². The molecule has 0 aromatic carbocycles. The van der Waals surface area contributed by atoms with E-state index in [0.29, 0.717) is 5.75 Å². The molecular weight excluding hydrogens is 262 g/mol. The second-order valence-corrected chi connectivity index (χ2v) is 7.24. The van der Waals surface area contributed by atoms with Gasteiger partial charge in [-0.3, -0.25) is 9.69 Å². The Hall–Kier alpha value is -0.260. The van der Waals surface area contributed by atoms with Gasteiger partial charge >= 0.3 is 5.97 Å². The summed E-state index contributed by atoms with van der Waals surface area (Å²) in [5, 5.41) is 9.29. The second kappa shape index (κ2) is 5.62. The molecule has 0 aromatic heterocycles. The molecule has 3 rings (SSSR count). The Balaban J connectivity index is 1.57. The quantitative estimate of drug-likeness (QED) is 0.859. The molecule has 3 aliphatic rings. The van der Waals surface area contributed by atoms with E-state index in [1.807, 2.05) is 0 Å². The molecule has 2 heterocycles. The lowest BCUT2D eigenvalue weighted by Gasteiger charge is -2.34. The Kier molecular flexibility index (Phi) is 4.06. The van der Waals surface area contributed by atoms with Gasteiger partial charge in [0, 0.05) is 24.6 Å². The minimum absolute atomic E-state index is 0.161. The molecule has 3 fully saturated rings. The van der Waals surface area contributed by atoms with Crippen LogP contribution in [0.15, 0.2) is 0 Å². The zero-order chi connectivity index (χ0) is 13.3. The first-order valence-corrected chi connectivity index (χ1v) is 8.56. The molecule has 0 radical (unpaired) electrons. The van der Waals surface area contributed by atoms with Crippen molar-refractivity contribution in [2.45, 2.75) is 56.3 Å². The molecule has 0 amide bonds. The third-order valence-electron chi connectivity index (χ3n) is 4.82. The lowest BCUT2D eigenvalue weighted by atomic mass is 9.98. The van der Waals surface area contributed by atoms with Crippen molar-refractivity contribution >= 4 is 17.7 Å². The molecule has 108 valence electrons. The molecule has 1 N–H and O–H groups in total. The largest absolute Gasteiger partial charge is 0.480 e. The van der Waals surface area contributed by atoms with Gasteiger partial charge in [-0.1, -0.05) is 12.8 Å². The van der Waals surface area contributed by atoms with E-state index in [4.69, 9.17) is 4.74 Å². The fourth-order valence-electron chi connectivity index (χ4n) is 3.76. The molecule has 1 spiro atoms. The average Bonchev–Trinajstić information content (AvgIpc) is 3.01. The molecule has 2 saturated heterocycles. The van der Waals surface area contributed by atoms with E-state index in [-0.39, 0.29) is 17.7 Å². The standard InChI is InChI=1S/C14H23NO3S/c16-13(17)12-10-19-8-7-15(12)9-11-3-6-14(18-11)4-1-2-5-14/h11-12H,1-10H2,(H,16,17). The maximum atomic E-state index is 11.3. The maximum Gasteiger partial charge on any atom is 0.321 e. The van der Waals surface area contributed by atoms with E-state index in [2.05, 4.69) is 4.90 Å². The van der Waals surface area contributed by atoms with Crippen LogP contribution in [0.5, 0.6) is 0 Å². The van der Waals surface area contributed by atoms with Gasteiger partial charge in [0.05, 0.1) is 11.7 Å². The number of carboxylic acid groups (broad SMARTS) is 1. The number of hydrogen-bond acceptors (Lipinski definition) is 4. The SMILES string of the molecule is O=C(O)C1CSCCN1CC1CCC2(CCCC2)O1. The summed E-state index contributed by atoms with van der Waals surface area (Å²) in [7, 11) is 0. The molecule has 1 aliphatic carbocycles. The van der Waals surface area contributed by atoms with Crippen molar-refractivity contribution in [1.29, 1.82) is 0 Å². The zero-order valence-electron chi connectivity index (χ0n) is 11.3. The number of hydrogen-bond donors (Lipinski definition) is 1. The predicted octanol–water partition coefficient (Wildman–Crippen LogP) is 1.98. The third kappa shape index (κ3) is 2.93. The first-order chi connectivity index (χ1) is 9.19. The number of carbonyl (C=O) groups is 1. The van der Waals surface area contributed by atoms with Crippen LogP contribution in [0.3, 0.4) is 0 Å². The molecular formula is C14H23NO3S. The number of carboxylic acids is 1. The maximum absolute atomic E-state index is 11.3. The van der Waals surface area contributed by atoms with Gasteiger partial charge in [0.1, 0.15) is 6.04 Å². The molecule has 2 aliphatic heterocycles. The summed E-state index contributed by atoms with van der Waals surface area (Å²) in [6, 6.07) is -0.317. The molecule has 2 unspecified atom stereocenters. The van der Waals surface area contributed by atoms with Gasteiger partial charge in [0.15, 0.2) is 0 Å². The minimum Gasteiger partial charge on any atom is -0.480 e. The van der Waals surface area contributed by atoms with Gasteiger partial charge in [-0.2, -0.15) is 11.8 Å². The van der Waals surface area contributed by atoms with Crippen molar-refractivity contribution in [2.75, 3.05) is 24.6 Å². The Morgan fingerprint density at radius 3 is 2.89 bits per heavy atom. The van der Waals surface area contributed by atoms with Crippen LogP contribution in [-0.2, 0) is 9.53 Å². The predicted molar refractivity (Wildman–Crippen MR) is 75.6 cm³/mol. The summed E-state index contributed by atoms with van der Waals surface area (Å²) in [6.45, 7) is 1.69. The molecule has 19 heavy (non-hydrogen) atoms. The normalized spacial score (nSPS) is 34.9. The van der Waals surface area contributed by atoms with Gasteiger partial charge in [-0.05, 0) is 25.7 Å².